The number of guanidine groups is 2. The fourth-order valence-corrected chi connectivity index (χ4v) is 6.95. The highest BCUT2D eigenvalue weighted by Gasteiger charge is 2.73. The molecule has 0 radical (unpaired) electrons. The first-order valence-corrected chi connectivity index (χ1v) is 14.5. The minimum absolute atomic E-state index is 0.0508. The minimum Gasteiger partial charge on any atom is -0.492 e. The predicted octanol–water partition coefficient (Wildman–Crippen LogP) is 0.258. The maximum Gasteiger partial charge on any atom is 0.255 e. The van der Waals surface area contributed by atoms with Crippen molar-refractivity contribution in [3.05, 3.63) is 63.1 Å². The van der Waals surface area contributed by atoms with Gasteiger partial charge in [-0.1, -0.05) is 49.2 Å². The highest BCUT2D eigenvalue weighted by atomic mass is 35.5. The van der Waals surface area contributed by atoms with Crippen molar-refractivity contribution in [1.82, 2.24) is 20.9 Å². The molecule has 0 saturated carbocycles. The number of amides is 2. The van der Waals surface area contributed by atoms with Crippen molar-refractivity contribution in [2.75, 3.05) is 19.7 Å². The highest BCUT2D eigenvalue weighted by molar-refractivity contribution is 6.35. The van der Waals surface area contributed by atoms with Crippen molar-refractivity contribution < 1.29 is 24.5 Å². The highest BCUT2D eigenvalue weighted by Crippen LogP contribution is 2.45. The van der Waals surface area contributed by atoms with E-state index >= 15 is 0 Å². The Balaban J connectivity index is 1.26. The zero-order valence-corrected chi connectivity index (χ0v) is 24.9. The van der Waals surface area contributed by atoms with Crippen LogP contribution in [-0.4, -0.2) is 88.1 Å². The Morgan fingerprint density at radius 3 is 2.58 bits per heavy atom. The van der Waals surface area contributed by atoms with Crippen LogP contribution in [-0.2, 0) is 5.41 Å². The maximum absolute atomic E-state index is 13.6. The summed E-state index contributed by atoms with van der Waals surface area (Å²) in [5.41, 5.74) is 11.8. The second kappa shape index (κ2) is 10.2. The van der Waals surface area contributed by atoms with E-state index in [1.165, 1.54) is 23.1 Å². The monoisotopic (exact) mass is 630 g/mol. The van der Waals surface area contributed by atoms with Crippen LogP contribution in [0.5, 0.6) is 5.75 Å². The van der Waals surface area contributed by atoms with Gasteiger partial charge in [0, 0.05) is 34.3 Å². The smallest absolute Gasteiger partial charge is 0.255 e. The molecule has 2 aromatic carbocycles. The number of nitrogens with two attached hydrogens (primary N) is 2. The normalized spacial score (nSPS) is 27.9. The predicted molar refractivity (Wildman–Crippen MR) is 160 cm³/mol. The van der Waals surface area contributed by atoms with Gasteiger partial charge >= 0.3 is 0 Å². The summed E-state index contributed by atoms with van der Waals surface area (Å²) in [7, 11) is 0. The molecule has 2 amide bonds. The van der Waals surface area contributed by atoms with Crippen LogP contribution in [0.1, 0.15) is 46.5 Å². The molecule has 4 aliphatic heterocycles. The first kappa shape index (κ1) is 29.3. The molecule has 15 heteroatoms. The molecule has 228 valence electrons. The summed E-state index contributed by atoms with van der Waals surface area (Å²) in [4.78, 5) is 36.8. The third kappa shape index (κ3) is 4.62. The summed E-state index contributed by atoms with van der Waals surface area (Å²) in [6.45, 7) is 4.41. The standard InChI is InChI=1S/C28H32Cl2N8O5/c1-26(2)6-7-43-20-16(4-3-5-17(20)26)23(40)35-19-12-38-25(32)34-18(21-27(38,28(19,41)42)37-24(31)36-21)11-33-22(39)13-8-14(29)10-15(30)9-13/h3-5,8-10,18-19,21,41-42H,6-7,11-12H2,1-2H3,(H2,32,34)(H,33,39)(H,35,40)(H3,31,36,37)/t18-,19?,21?,27-/m0/s1. The first-order chi connectivity index (χ1) is 20.2. The Hall–Kier alpha value is -3.78. The number of carbonyl (C=O) groups is 2. The number of nitrogens with zero attached hydrogens (tertiary/aromatic N) is 3. The number of nitrogens with one attached hydrogen (secondary N) is 3. The summed E-state index contributed by atoms with van der Waals surface area (Å²) >= 11 is 12.1. The van der Waals surface area contributed by atoms with Gasteiger partial charge in [0.1, 0.15) is 17.8 Å². The van der Waals surface area contributed by atoms with Crippen molar-refractivity contribution in [3.8, 4) is 5.75 Å². The number of rotatable bonds is 5. The number of benzene rings is 2. The van der Waals surface area contributed by atoms with Crippen LogP contribution < -0.4 is 32.2 Å². The lowest BCUT2D eigenvalue weighted by atomic mass is 9.79. The summed E-state index contributed by atoms with van der Waals surface area (Å²) < 4.78 is 5.90. The fourth-order valence-electron chi connectivity index (χ4n) is 6.42. The number of halogens is 2. The number of carbonyl (C=O) groups excluding carboxylic acids is 2. The van der Waals surface area contributed by atoms with Gasteiger partial charge in [0.2, 0.25) is 5.79 Å². The first-order valence-electron chi connectivity index (χ1n) is 13.7. The van der Waals surface area contributed by atoms with E-state index < -0.39 is 41.4 Å². The number of hydrogen-bond donors (Lipinski definition) is 7. The van der Waals surface area contributed by atoms with Gasteiger partial charge in [-0.2, -0.15) is 0 Å². The van der Waals surface area contributed by atoms with E-state index in [4.69, 9.17) is 39.4 Å². The summed E-state index contributed by atoms with van der Waals surface area (Å²) in [5, 5.41) is 32.5. The molecule has 9 N–H and O–H groups in total. The summed E-state index contributed by atoms with van der Waals surface area (Å²) in [6.07, 6.45) is 0.795. The minimum atomic E-state index is -2.64. The van der Waals surface area contributed by atoms with Crippen molar-refractivity contribution >= 4 is 46.9 Å². The Kier molecular flexibility index (Phi) is 6.92. The lowest BCUT2D eigenvalue weighted by molar-refractivity contribution is -0.230. The molecule has 1 spiro atoms. The molecule has 4 aliphatic rings. The van der Waals surface area contributed by atoms with Gasteiger partial charge in [-0.25, -0.2) is 9.98 Å². The van der Waals surface area contributed by atoms with E-state index in [1.807, 2.05) is 6.07 Å². The van der Waals surface area contributed by atoms with E-state index in [-0.39, 0.29) is 41.6 Å². The largest absolute Gasteiger partial charge is 0.492 e. The number of aliphatic hydroxyl groups is 2. The molecule has 4 heterocycles. The second-order valence-corrected chi connectivity index (χ2v) is 12.7. The van der Waals surface area contributed by atoms with Crippen molar-refractivity contribution in [3.63, 3.8) is 0 Å². The van der Waals surface area contributed by atoms with E-state index in [9.17, 15) is 19.8 Å². The lowest BCUT2D eigenvalue weighted by Crippen LogP contribution is -2.78. The third-order valence-electron chi connectivity index (χ3n) is 8.67. The van der Waals surface area contributed by atoms with E-state index in [0.29, 0.717) is 22.4 Å². The van der Waals surface area contributed by atoms with Crippen LogP contribution >= 0.6 is 23.2 Å². The number of para-hydroxylation sites is 1. The summed E-state index contributed by atoms with van der Waals surface area (Å²) in [5.74, 6) is -3.34. The van der Waals surface area contributed by atoms with E-state index in [2.05, 4.69) is 39.8 Å². The molecule has 1 fully saturated rings. The molecule has 2 aromatic rings. The molecule has 0 bridgehead atoms. The number of aliphatic imine (C=N–C) groups is 2. The van der Waals surface area contributed by atoms with Gasteiger partial charge in [-0.15, -0.1) is 0 Å². The molecule has 6 rings (SSSR count). The van der Waals surface area contributed by atoms with Gasteiger partial charge in [0.25, 0.3) is 11.8 Å². The van der Waals surface area contributed by atoms with Gasteiger partial charge in [0.05, 0.1) is 18.2 Å². The quantitative estimate of drug-likeness (QED) is 0.226. The van der Waals surface area contributed by atoms with Gasteiger partial charge in [0.15, 0.2) is 17.6 Å². The van der Waals surface area contributed by atoms with E-state index in [0.717, 1.165) is 12.0 Å². The molecule has 2 unspecified atom stereocenters. The molecular formula is C28H32Cl2N8O5. The lowest BCUT2D eigenvalue weighted by Gasteiger charge is -2.49. The average molecular weight is 632 g/mol. The van der Waals surface area contributed by atoms with E-state index in [1.54, 1.807) is 12.1 Å². The van der Waals surface area contributed by atoms with Crippen molar-refractivity contribution in [2.24, 2.45) is 21.5 Å². The Bertz CT molecular complexity index is 1560. The molecular weight excluding hydrogens is 599 g/mol. The van der Waals surface area contributed by atoms with Gasteiger partial charge in [-0.3, -0.25) is 9.59 Å². The Morgan fingerprint density at radius 1 is 1.14 bits per heavy atom. The zero-order chi connectivity index (χ0) is 30.9. The van der Waals surface area contributed by atoms with Crippen LogP contribution in [0.25, 0.3) is 0 Å². The molecule has 0 aromatic heterocycles. The molecule has 0 aliphatic carbocycles. The summed E-state index contributed by atoms with van der Waals surface area (Å²) in [6, 6.07) is 6.65. The Labute approximate surface area is 257 Å². The van der Waals surface area contributed by atoms with Crippen LogP contribution in [0.3, 0.4) is 0 Å². The molecule has 43 heavy (non-hydrogen) atoms. The second-order valence-electron chi connectivity index (χ2n) is 11.8. The van der Waals surface area contributed by atoms with Crippen LogP contribution in [0.4, 0.5) is 0 Å². The van der Waals surface area contributed by atoms with Crippen LogP contribution in [0.2, 0.25) is 10.0 Å². The average Bonchev–Trinajstić information content (AvgIpc) is 3.40. The fraction of sp³-hybridized carbons (Fsp3) is 0.429. The number of ether oxygens (including phenoxy) is 1. The molecule has 1 saturated heterocycles. The zero-order valence-electron chi connectivity index (χ0n) is 23.4. The van der Waals surface area contributed by atoms with Crippen molar-refractivity contribution in [1.29, 1.82) is 0 Å². The number of hydrogen-bond acceptors (Lipinski definition) is 11. The Morgan fingerprint density at radius 2 is 1.86 bits per heavy atom. The van der Waals surface area contributed by atoms with Crippen molar-refractivity contribution in [2.45, 2.75) is 55.3 Å². The topological polar surface area (TPSA) is 200 Å². The van der Waals surface area contributed by atoms with Gasteiger partial charge in [-0.05, 0) is 36.1 Å². The van der Waals surface area contributed by atoms with Gasteiger partial charge < -0.3 is 47.3 Å². The third-order valence-corrected chi connectivity index (χ3v) is 9.10. The SMILES string of the molecule is CC1(C)CCOc2c(C(=O)NC3CN4C(N)=N[C@@H](CNC(=O)c5cc(Cl)cc(Cl)c5)C5N=C(N)N[C@@]54C3(O)O)cccc21. The number of fused-ring (bicyclic) bond motifs is 1. The molecule has 4 atom stereocenters. The molecule has 13 nitrogen and oxygen atoms in total. The maximum atomic E-state index is 13.6. The van der Waals surface area contributed by atoms with Crippen LogP contribution in [0, 0.1) is 0 Å². The van der Waals surface area contributed by atoms with Crippen LogP contribution in [0.15, 0.2) is 46.4 Å².